The Morgan fingerprint density at radius 3 is 1.79 bits per heavy atom. The number of rotatable bonds is 2. The van der Waals surface area contributed by atoms with Crippen LogP contribution in [0.5, 0.6) is 11.5 Å². The molecule has 0 heterocycles. The van der Waals surface area contributed by atoms with Gasteiger partial charge in [-0.1, -0.05) is 47.5 Å². The summed E-state index contributed by atoms with van der Waals surface area (Å²) in [6, 6.07) is 3.75. The quantitative estimate of drug-likeness (QED) is 0.814. The van der Waals surface area contributed by atoms with Crippen LogP contribution in [0.4, 0.5) is 0 Å². The van der Waals surface area contributed by atoms with E-state index >= 15 is 0 Å². The number of hydrogen-bond acceptors (Lipinski definition) is 2. The predicted octanol–water partition coefficient (Wildman–Crippen LogP) is 4.00. The fourth-order valence-electron chi connectivity index (χ4n) is 1.96. The topological polar surface area (TPSA) is 29.5 Å². The van der Waals surface area contributed by atoms with E-state index in [2.05, 4.69) is 47.5 Å². The second kappa shape index (κ2) is 5.17. The van der Waals surface area contributed by atoms with Gasteiger partial charge in [-0.15, -0.1) is 6.42 Å². The van der Waals surface area contributed by atoms with Gasteiger partial charge in [0.25, 0.3) is 0 Å². The Balaban J connectivity index is 3.44. The zero-order chi connectivity index (χ0) is 14.8. The van der Waals surface area contributed by atoms with Crippen molar-refractivity contribution in [3.63, 3.8) is 0 Å². The van der Waals surface area contributed by atoms with Crippen molar-refractivity contribution in [2.75, 3.05) is 6.61 Å². The Morgan fingerprint density at radius 2 is 1.47 bits per heavy atom. The highest BCUT2D eigenvalue weighted by Crippen LogP contribution is 2.41. The standard InChI is InChI=1S/C17H24O2/c1-8-9-19-12-10-13(16(2,3)4)15(18)14(11-12)17(5,6)7/h1,10-11,18H,9H2,2-7H3. The first-order valence-corrected chi connectivity index (χ1v) is 6.51. The van der Waals surface area contributed by atoms with Crippen LogP contribution in [0.2, 0.25) is 0 Å². The molecule has 2 heteroatoms. The van der Waals surface area contributed by atoms with E-state index in [1.54, 1.807) is 0 Å². The fourth-order valence-corrected chi connectivity index (χ4v) is 1.96. The zero-order valence-electron chi connectivity index (χ0n) is 12.8. The van der Waals surface area contributed by atoms with Gasteiger partial charge in [0, 0.05) is 11.1 Å². The van der Waals surface area contributed by atoms with Crippen LogP contribution in [-0.4, -0.2) is 11.7 Å². The molecule has 0 aromatic heterocycles. The number of benzene rings is 1. The van der Waals surface area contributed by atoms with Crippen LogP contribution in [0.3, 0.4) is 0 Å². The zero-order valence-corrected chi connectivity index (χ0v) is 12.8. The molecule has 0 saturated heterocycles. The number of aromatic hydroxyl groups is 1. The Hall–Kier alpha value is -1.62. The summed E-state index contributed by atoms with van der Waals surface area (Å²) in [7, 11) is 0. The van der Waals surface area contributed by atoms with E-state index in [0.717, 1.165) is 11.1 Å². The average molecular weight is 260 g/mol. The van der Waals surface area contributed by atoms with E-state index in [4.69, 9.17) is 11.2 Å². The molecule has 104 valence electrons. The molecule has 0 aliphatic heterocycles. The lowest BCUT2D eigenvalue weighted by Crippen LogP contribution is -2.17. The van der Waals surface area contributed by atoms with Crippen molar-refractivity contribution in [1.82, 2.24) is 0 Å². The second-order valence-corrected chi connectivity index (χ2v) is 6.86. The molecule has 0 spiro atoms. The number of phenolic OH excluding ortho intramolecular Hbond substituents is 1. The summed E-state index contributed by atoms with van der Waals surface area (Å²) in [5.41, 5.74) is 1.46. The van der Waals surface area contributed by atoms with Gasteiger partial charge >= 0.3 is 0 Å². The molecule has 19 heavy (non-hydrogen) atoms. The van der Waals surface area contributed by atoms with Gasteiger partial charge in [0.15, 0.2) is 0 Å². The monoisotopic (exact) mass is 260 g/mol. The van der Waals surface area contributed by atoms with E-state index in [1.165, 1.54) is 0 Å². The van der Waals surface area contributed by atoms with Crippen molar-refractivity contribution < 1.29 is 9.84 Å². The lowest BCUT2D eigenvalue weighted by Gasteiger charge is -2.28. The first kappa shape index (κ1) is 15.4. The molecular weight excluding hydrogens is 236 g/mol. The SMILES string of the molecule is C#CCOc1cc(C(C)(C)C)c(O)c(C(C)(C)C)c1. The summed E-state index contributed by atoms with van der Waals surface area (Å²) in [4.78, 5) is 0. The molecule has 0 radical (unpaired) electrons. The van der Waals surface area contributed by atoms with Gasteiger partial charge in [-0.05, 0) is 23.0 Å². The molecule has 0 aliphatic rings. The number of phenols is 1. The summed E-state index contributed by atoms with van der Waals surface area (Å²) < 4.78 is 5.53. The van der Waals surface area contributed by atoms with Crippen molar-refractivity contribution >= 4 is 0 Å². The summed E-state index contributed by atoms with van der Waals surface area (Å²) in [6.45, 7) is 12.6. The summed E-state index contributed by atoms with van der Waals surface area (Å²) in [6.07, 6.45) is 5.23. The maximum Gasteiger partial charge on any atom is 0.148 e. The number of ether oxygens (including phenoxy) is 1. The minimum Gasteiger partial charge on any atom is -0.507 e. The molecule has 0 amide bonds. The lowest BCUT2D eigenvalue weighted by atomic mass is 9.79. The van der Waals surface area contributed by atoms with Gasteiger partial charge in [0.1, 0.15) is 18.1 Å². The normalized spacial score (nSPS) is 12.1. The average Bonchev–Trinajstić information content (AvgIpc) is 2.24. The molecule has 1 aromatic carbocycles. The van der Waals surface area contributed by atoms with Crippen molar-refractivity contribution in [1.29, 1.82) is 0 Å². The summed E-state index contributed by atoms with van der Waals surface area (Å²) in [5.74, 6) is 3.53. The third kappa shape index (κ3) is 3.67. The predicted molar refractivity (Wildman–Crippen MR) is 79.8 cm³/mol. The second-order valence-electron chi connectivity index (χ2n) is 6.86. The highest BCUT2D eigenvalue weighted by Gasteiger charge is 2.26. The van der Waals surface area contributed by atoms with E-state index in [0.29, 0.717) is 11.5 Å². The highest BCUT2D eigenvalue weighted by atomic mass is 16.5. The van der Waals surface area contributed by atoms with Crippen LogP contribution < -0.4 is 4.74 Å². The van der Waals surface area contributed by atoms with Crippen LogP contribution in [0, 0.1) is 12.3 Å². The minimum atomic E-state index is -0.153. The van der Waals surface area contributed by atoms with Crippen LogP contribution in [0.25, 0.3) is 0 Å². The van der Waals surface area contributed by atoms with Gasteiger partial charge < -0.3 is 9.84 Å². The van der Waals surface area contributed by atoms with Crippen LogP contribution in [0.15, 0.2) is 12.1 Å². The van der Waals surface area contributed by atoms with Crippen LogP contribution in [-0.2, 0) is 10.8 Å². The van der Waals surface area contributed by atoms with Crippen LogP contribution in [0.1, 0.15) is 52.7 Å². The Labute approximate surface area is 116 Å². The van der Waals surface area contributed by atoms with Gasteiger partial charge in [-0.2, -0.15) is 0 Å². The number of terminal acetylenes is 1. The molecule has 1 N–H and O–H groups in total. The van der Waals surface area contributed by atoms with E-state index in [9.17, 15) is 5.11 Å². The highest BCUT2D eigenvalue weighted by molar-refractivity contribution is 5.52. The lowest BCUT2D eigenvalue weighted by molar-refractivity contribution is 0.362. The van der Waals surface area contributed by atoms with Crippen LogP contribution >= 0.6 is 0 Å². The van der Waals surface area contributed by atoms with E-state index in [-0.39, 0.29) is 17.4 Å². The van der Waals surface area contributed by atoms with Crippen molar-refractivity contribution in [2.45, 2.75) is 52.4 Å². The van der Waals surface area contributed by atoms with Gasteiger partial charge in [0.05, 0.1) is 0 Å². The third-order valence-electron chi connectivity index (χ3n) is 3.02. The van der Waals surface area contributed by atoms with E-state index < -0.39 is 0 Å². The molecule has 1 rings (SSSR count). The Bertz CT molecular complexity index is 458. The molecule has 0 fully saturated rings. The molecule has 0 saturated carbocycles. The smallest absolute Gasteiger partial charge is 0.148 e. The van der Waals surface area contributed by atoms with Gasteiger partial charge in [-0.25, -0.2) is 0 Å². The minimum absolute atomic E-state index is 0.153. The summed E-state index contributed by atoms with van der Waals surface area (Å²) in [5, 5.41) is 10.5. The first-order chi connectivity index (χ1) is 8.57. The molecule has 0 atom stereocenters. The molecular formula is C17H24O2. The maximum absolute atomic E-state index is 10.5. The summed E-state index contributed by atoms with van der Waals surface area (Å²) >= 11 is 0. The molecule has 0 aliphatic carbocycles. The molecule has 1 aromatic rings. The van der Waals surface area contributed by atoms with E-state index in [1.807, 2.05) is 12.1 Å². The first-order valence-electron chi connectivity index (χ1n) is 6.51. The van der Waals surface area contributed by atoms with Crippen molar-refractivity contribution in [3.8, 4) is 23.8 Å². The maximum atomic E-state index is 10.5. The Morgan fingerprint density at radius 1 is 1.05 bits per heavy atom. The van der Waals surface area contributed by atoms with Crippen molar-refractivity contribution in [3.05, 3.63) is 23.3 Å². The van der Waals surface area contributed by atoms with Crippen molar-refractivity contribution in [2.24, 2.45) is 0 Å². The third-order valence-corrected chi connectivity index (χ3v) is 3.02. The fraction of sp³-hybridized carbons (Fsp3) is 0.529. The molecule has 0 bridgehead atoms. The van der Waals surface area contributed by atoms with Gasteiger partial charge in [-0.3, -0.25) is 0 Å². The molecule has 2 nitrogen and oxygen atoms in total. The molecule has 0 unspecified atom stereocenters. The largest absolute Gasteiger partial charge is 0.507 e. The van der Waals surface area contributed by atoms with Gasteiger partial charge in [0.2, 0.25) is 0 Å². The number of hydrogen-bond donors (Lipinski definition) is 1. The Kier molecular flexibility index (Phi) is 4.20.